The molecule has 0 saturated carbocycles. The molecule has 0 spiro atoms. The molecule has 1 aromatic carbocycles. The van der Waals surface area contributed by atoms with Crippen molar-refractivity contribution in [2.24, 2.45) is 0 Å². The van der Waals surface area contributed by atoms with Crippen molar-refractivity contribution in [3.63, 3.8) is 0 Å². The number of benzene rings is 1. The van der Waals surface area contributed by atoms with E-state index in [1.165, 1.54) is 5.56 Å². The monoisotopic (exact) mass is 247 g/mol. The van der Waals surface area contributed by atoms with E-state index < -0.39 is 0 Å². The van der Waals surface area contributed by atoms with Crippen molar-refractivity contribution >= 4 is 0 Å². The molecule has 1 saturated heterocycles. The molecule has 1 N–H and O–H groups in total. The second kappa shape index (κ2) is 6.32. The van der Waals surface area contributed by atoms with Crippen molar-refractivity contribution in [2.75, 3.05) is 33.7 Å². The number of likely N-dealkylation sites (N-methyl/N-ethyl adjacent to an activating group) is 1. The summed E-state index contributed by atoms with van der Waals surface area (Å²) in [4.78, 5) is 4.82. The normalized spacial score (nSPS) is 25.6. The Hall–Kier alpha value is -0.900. The Morgan fingerprint density at radius 1 is 1.22 bits per heavy atom. The molecule has 0 bridgehead atoms. The molecule has 2 atom stereocenters. The number of rotatable bonds is 4. The summed E-state index contributed by atoms with van der Waals surface area (Å²) in [5, 5.41) is 3.68. The van der Waals surface area contributed by atoms with E-state index in [1.807, 2.05) is 0 Å². The molecule has 1 fully saturated rings. The Labute approximate surface area is 111 Å². The second-order valence-corrected chi connectivity index (χ2v) is 5.71. The second-order valence-electron chi connectivity index (χ2n) is 5.71. The molecule has 3 heteroatoms. The van der Waals surface area contributed by atoms with Gasteiger partial charge in [0.25, 0.3) is 0 Å². The smallest absolute Gasteiger partial charge is 0.0325 e. The highest BCUT2D eigenvalue weighted by Gasteiger charge is 2.23. The number of nitrogens with zero attached hydrogens (tertiary/aromatic N) is 2. The Kier molecular flexibility index (Phi) is 4.75. The molecule has 1 heterocycles. The quantitative estimate of drug-likeness (QED) is 0.868. The largest absolute Gasteiger partial charge is 0.308 e. The first-order valence-electron chi connectivity index (χ1n) is 6.80. The van der Waals surface area contributed by atoms with Gasteiger partial charge < -0.3 is 10.2 Å². The topological polar surface area (TPSA) is 18.5 Å². The molecule has 1 aliphatic heterocycles. The molecule has 0 radical (unpaired) electrons. The Morgan fingerprint density at radius 3 is 2.61 bits per heavy atom. The third-order valence-corrected chi connectivity index (χ3v) is 3.37. The highest BCUT2D eigenvalue weighted by molar-refractivity contribution is 5.14. The SMILES string of the molecule is CC1CN(Cc2ccccc2)CC(CN(C)C)N1. The van der Waals surface area contributed by atoms with Crippen LogP contribution in [0.2, 0.25) is 0 Å². The molecule has 2 unspecified atom stereocenters. The van der Waals surface area contributed by atoms with Crippen LogP contribution in [0.25, 0.3) is 0 Å². The minimum absolute atomic E-state index is 0.576. The van der Waals surface area contributed by atoms with Gasteiger partial charge in [0.2, 0.25) is 0 Å². The number of hydrogen-bond acceptors (Lipinski definition) is 3. The molecule has 100 valence electrons. The summed E-state index contributed by atoms with van der Waals surface area (Å²) in [6.07, 6.45) is 0. The van der Waals surface area contributed by atoms with Crippen molar-refractivity contribution in [1.29, 1.82) is 0 Å². The number of nitrogens with one attached hydrogen (secondary N) is 1. The van der Waals surface area contributed by atoms with Crippen molar-refractivity contribution in [3.05, 3.63) is 35.9 Å². The van der Waals surface area contributed by atoms with Gasteiger partial charge in [-0.25, -0.2) is 0 Å². The van der Waals surface area contributed by atoms with Crippen LogP contribution >= 0.6 is 0 Å². The molecular formula is C15H25N3. The van der Waals surface area contributed by atoms with Gasteiger partial charge >= 0.3 is 0 Å². The summed E-state index contributed by atoms with van der Waals surface area (Å²) in [5.74, 6) is 0. The zero-order valence-electron chi connectivity index (χ0n) is 11.8. The van der Waals surface area contributed by atoms with E-state index in [9.17, 15) is 0 Å². The lowest BCUT2D eigenvalue weighted by molar-refractivity contribution is 0.143. The average Bonchev–Trinajstić information content (AvgIpc) is 2.28. The van der Waals surface area contributed by atoms with Crippen molar-refractivity contribution in [2.45, 2.75) is 25.6 Å². The van der Waals surface area contributed by atoms with Crippen LogP contribution in [0.1, 0.15) is 12.5 Å². The highest BCUT2D eigenvalue weighted by atomic mass is 15.2. The lowest BCUT2D eigenvalue weighted by Gasteiger charge is -2.38. The third-order valence-electron chi connectivity index (χ3n) is 3.37. The molecule has 1 aromatic rings. The molecule has 18 heavy (non-hydrogen) atoms. The lowest BCUT2D eigenvalue weighted by atomic mass is 10.1. The minimum atomic E-state index is 0.576. The zero-order valence-corrected chi connectivity index (χ0v) is 11.8. The first-order valence-corrected chi connectivity index (χ1v) is 6.80. The highest BCUT2D eigenvalue weighted by Crippen LogP contribution is 2.10. The van der Waals surface area contributed by atoms with E-state index in [1.54, 1.807) is 0 Å². The van der Waals surface area contributed by atoms with Gasteiger partial charge in [-0.3, -0.25) is 4.90 Å². The predicted octanol–water partition coefficient (Wildman–Crippen LogP) is 1.41. The van der Waals surface area contributed by atoms with E-state index in [4.69, 9.17) is 0 Å². The third kappa shape index (κ3) is 4.09. The van der Waals surface area contributed by atoms with E-state index in [-0.39, 0.29) is 0 Å². The maximum atomic E-state index is 3.68. The molecule has 3 nitrogen and oxygen atoms in total. The molecule has 1 aliphatic rings. The molecule has 0 amide bonds. The standard InChI is InChI=1S/C15H25N3/c1-13-9-18(10-14-7-5-4-6-8-14)12-15(16-13)11-17(2)3/h4-8,13,15-16H,9-12H2,1-3H3. The fraction of sp³-hybridized carbons (Fsp3) is 0.600. The van der Waals surface area contributed by atoms with Gasteiger partial charge in [-0.05, 0) is 26.6 Å². The van der Waals surface area contributed by atoms with Crippen molar-refractivity contribution < 1.29 is 0 Å². The van der Waals surface area contributed by atoms with Crippen LogP contribution in [0.15, 0.2) is 30.3 Å². The predicted molar refractivity (Wildman–Crippen MR) is 76.7 cm³/mol. The zero-order chi connectivity index (χ0) is 13.0. The average molecular weight is 247 g/mol. The maximum absolute atomic E-state index is 3.68. The Bertz CT molecular complexity index is 348. The minimum Gasteiger partial charge on any atom is -0.308 e. The Morgan fingerprint density at radius 2 is 1.94 bits per heavy atom. The van der Waals surface area contributed by atoms with Crippen LogP contribution < -0.4 is 5.32 Å². The first-order chi connectivity index (χ1) is 8.63. The summed E-state index contributed by atoms with van der Waals surface area (Å²) in [5.41, 5.74) is 1.41. The number of piperazine rings is 1. The van der Waals surface area contributed by atoms with Gasteiger partial charge in [-0.15, -0.1) is 0 Å². The van der Waals surface area contributed by atoms with Crippen LogP contribution in [-0.4, -0.2) is 55.6 Å². The van der Waals surface area contributed by atoms with E-state index >= 15 is 0 Å². The first kappa shape index (κ1) is 13.5. The lowest BCUT2D eigenvalue weighted by Crippen LogP contribution is -2.57. The van der Waals surface area contributed by atoms with Gasteiger partial charge in [-0.1, -0.05) is 30.3 Å². The van der Waals surface area contributed by atoms with Crippen molar-refractivity contribution in [1.82, 2.24) is 15.1 Å². The molecule has 2 rings (SSSR count). The summed E-state index contributed by atoms with van der Waals surface area (Å²) < 4.78 is 0. The van der Waals surface area contributed by atoms with Crippen LogP contribution in [0.3, 0.4) is 0 Å². The molecule has 0 aromatic heterocycles. The van der Waals surface area contributed by atoms with Crippen LogP contribution in [0.5, 0.6) is 0 Å². The van der Waals surface area contributed by atoms with Gasteiger partial charge in [0.15, 0.2) is 0 Å². The summed E-state index contributed by atoms with van der Waals surface area (Å²) in [6, 6.07) is 11.9. The fourth-order valence-electron chi connectivity index (χ4n) is 2.80. The molecular weight excluding hydrogens is 222 g/mol. The summed E-state index contributed by atoms with van der Waals surface area (Å²) in [6.45, 7) is 6.72. The van der Waals surface area contributed by atoms with Crippen molar-refractivity contribution in [3.8, 4) is 0 Å². The Balaban J connectivity index is 1.92. The van der Waals surface area contributed by atoms with Gasteiger partial charge in [0.1, 0.15) is 0 Å². The van der Waals surface area contributed by atoms with E-state index in [2.05, 4.69) is 66.5 Å². The fourth-order valence-corrected chi connectivity index (χ4v) is 2.80. The van der Waals surface area contributed by atoms with Gasteiger partial charge in [-0.2, -0.15) is 0 Å². The van der Waals surface area contributed by atoms with Crippen LogP contribution in [0, 0.1) is 0 Å². The van der Waals surface area contributed by atoms with E-state index in [0.29, 0.717) is 12.1 Å². The van der Waals surface area contributed by atoms with Gasteiger partial charge in [0.05, 0.1) is 0 Å². The van der Waals surface area contributed by atoms with Gasteiger partial charge in [0, 0.05) is 38.3 Å². The molecule has 0 aliphatic carbocycles. The van der Waals surface area contributed by atoms with Crippen LogP contribution in [0.4, 0.5) is 0 Å². The van der Waals surface area contributed by atoms with Crippen LogP contribution in [-0.2, 0) is 6.54 Å². The maximum Gasteiger partial charge on any atom is 0.0325 e. The van der Waals surface area contributed by atoms with E-state index in [0.717, 1.165) is 26.2 Å². The summed E-state index contributed by atoms with van der Waals surface area (Å²) in [7, 11) is 4.28. The number of hydrogen-bond donors (Lipinski definition) is 1. The summed E-state index contributed by atoms with van der Waals surface area (Å²) >= 11 is 0.